The maximum absolute atomic E-state index is 13.3. The van der Waals surface area contributed by atoms with Crippen molar-refractivity contribution in [1.82, 2.24) is 19.4 Å². The monoisotopic (exact) mass is 540 g/mol. The van der Waals surface area contributed by atoms with E-state index in [4.69, 9.17) is 23.2 Å². The van der Waals surface area contributed by atoms with Gasteiger partial charge in [0.1, 0.15) is 11.7 Å². The summed E-state index contributed by atoms with van der Waals surface area (Å²) in [5.74, 6) is -0.111. The molecule has 0 radical (unpaired) electrons. The van der Waals surface area contributed by atoms with Crippen molar-refractivity contribution in [2.45, 2.75) is 38.5 Å². The van der Waals surface area contributed by atoms with Gasteiger partial charge in [-0.2, -0.15) is 0 Å². The minimum Gasteiger partial charge on any atom is -0.329 e. The molecule has 1 aliphatic rings. The third-order valence-corrected chi connectivity index (χ3v) is 8.41. The number of thiazole rings is 1. The zero-order valence-electron chi connectivity index (χ0n) is 20.0. The van der Waals surface area contributed by atoms with Crippen molar-refractivity contribution in [3.8, 4) is 11.1 Å². The average molecular weight is 542 g/mol. The molecule has 3 heterocycles. The fourth-order valence-corrected chi connectivity index (χ4v) is 6.15. The second-order valence-corrected chi connectivity index (χ2v) is 10.9. The number of likely N-dealkylation sites (tertiary alicyclic amines) is 1. The summed E-state index contributed by atoms with van der Waals surface area (Å²) in [6.45, 7) is 2.94. The normalized spacial score (nSPS) is 16.9. The molecular weight excluding hydrogens is 515 g/mol. The minimum absolute atomic E-state index is 0.0122. The van der Waals surface area contributed by atoms with Crippen LogP contribution in [0.3, 0.4) is 0 Å². The molecule has 2 aromatic carbocycles. The van der Waals surface area contributed by atoms with E-state index in [-0.39, 0.29) is 29.5 Å². The van der Waals surface area contributed by atoms with Crippen LogP contribution in [0.2, 0.25) is 10.2 Å². The van der Waals surface area contributed by atoms with Crippen molar-refractivity contribution in [2.24, 2.45) is 0 Å². The summed E-state index contributed by atoms with van der Waals surface area (Å²) in [6, 6.07) is 17.9. The lowest BCUT2D eigenvalue weighted by Crippen LogP contribution is -2.48. The van der Waals surface area contributed by atoms with Gasteiger partial charge in [-0.15, -0.1) is 0 Å². The number of hydrogen-bond donors (Lipinski definition) is 0. The first-order valence-corrected chi connectivity index (χ1v) is 13.4. The maximum Gasteiger partial charge on any atom is 0.308 e. The molecule has 1 aliphatic heterocycles. The number of fused-ring (bicyclic) bond motifs is 1. The van der Waals surface area contributed by atoms with Crippen LogP contribution in [0.25, 0.3) is 21.3 Å². The van der Waals surface area contributed by atoms with Crippen LogP contribution in [0.4, 0.5) is 0 Å². The highest BCUT2D eigenvalue weighted by Crippen LogP contribution is 2.35. The maximum atomic E-state index is 13.3. The van der Waals surface area contributed by atoms with Crippen LogP contribution in [0.15, 0.2) is 65.6 Å². The number of likely N-dealkylation sites (N-methyl/N-ethyl adjacent to an activating group) is 1. The number of hydrogen-bond acceptors (Lipinski definition) is 5. The van der Waals surface area contributed by atoms with E-state index in [1.807, 2.05) is 25.2 Å². The molecule has 5 rings (SSSR count). The van der Waals surface area contributed by atoms with Gasteiger partial charge in [0.2, 0.25) is 5.91 Å². The van der Waals surface area contributed by atoms with Gasteiger partial charge in [-0.05, 0) is 66.8 Å². The molecule has 6 nitrogen and oxygen atoms in total. The second-order valence-electron chi connectivity index (χ2n) is 9.09. The quantitative estimate of drug-likeness (QED) is 0.278. The Morgan fingerprint density at radius 1 is 1.14 bits per heavy atom. The van der Waals surface area contributed by atoms with E-state index in [1.54, 1.807) is 23.2 Å². The van der Waals surface area contributed by atoms with Crippen molar-refractivity contribution >= 4 is 50.7 Å². The van der Waals surface area contributed by atoms with Crippen LogP contribution in [0, 0.1) is 0 Å². The van der Waals surface area contributed by atoms with Crippen LogP contribution < -0.4 is 4.87 Å². The summed E-state index contributed by atoms with van der Waals surface area (Å²) in [5.41, 5.74) is 4.03. The van der Waals surface area contributed by atoms with Gasteiger partial charge in [-0.25, -0.2) is 4.98 Å². The number of nitrogens with zero attached hydrogens (tertiary/aromatic N) is 4. The summed E-state index contributed by atoms with van der Waals surface area (Å²) >= 11 is 13.3. The number of carbonyl (C=O) groups excluding carboxylic acids is 1. The van der Waals surface area contributed by atoms with Crippen LogP contribution in [0.1, 0.15) is 31.4 Å². The molecule has 0 saturated carbocycles. The highest BCUT2D eigenvalue weighted by atomic mass is 35.5. The predicted molar refractivity (Wildman–Crippen MR) is 147 cm³/mol. The molecule has 0 spiro atoms. The molecule has 0 bridgehead atoms. The first kappa shape index (κ1) is 25.0. The summed E-state index contributed by atoms with van der Waals surface area (Å²) in [5, 5.41) is 1.02. The largest absolute Gasteiger partial charge is 0.329 e. The van der Waals surface area contributed by atoms with Crippen molar-refractivity contribution in [3.63, 3.8) is 0 Å². The number of benzene rings is 2. The predicted octanol–water partition coefficient (Wildman–Crippen LogP) is 6.07. The SMILES string of the molecule is CC(N(C)C(=O)Cn1c(=O)sc2ccc(Cl)cc21)N1CCCC1c1ccc(-c2ccnc(Cl)c2)cc1. The molecule has 0 aliphatic carbocycles. The van der Waals surface area contributed by atoms with E-state index in [0.29, 0.717) is 15.7 Å². The Hall–Kier alpha value is -2.71. The fourth-order valence-electron chi connectivity index (χ4n) is 4.94. The Morgan fingerprint density at radius 3 is 2.67 bits per heavy atom. The minimum atomic E-state index is -0.156. The second kappa shape index (κ2) is 10.3. The Balaban J connectivity index is 1.31. The van der Waals surface area contributed by atoms with Crippen LogP contribution in [-0.2, 0) is 11.3 Å². The van der Waals surface area contributed by atoms with E-state index >= 15 is 0 Å². The van der Waals surface area contributed by atoms with Crippen LogP contribution in [0.5, 0.6) is 0 Å². The van der Waals surface area contributed by atoms with Gasteiger partial charge in [0, 0.05) is 30.9 Å². The lowest BCUT2D eigenvalue weighted by Gasteiger charge is -2.37. The van der Waals surface area contributed by atoms with Crippen LogP contribution >= 0.6 is 34.5 Å². The topological polar surface area (TPSA) is 58.4 Å². The van der Waals surface area contributed by atoms with Crippen molar-refractivity contribution < 1.29 is 4.79 Å². The first-order valence-electron chi connectivity index (χ1n) is 11.8. The molecule has 186 valence electrons. The van der Waals surface area contributed by atoms with Gasteiger partial charge in [-0.1, -0.05) is 58.8 Å². The lowest BCUT2D eigenvalue weighted by atomic mass is 10.00. The molecule has 36 heavy (non-hydrogen) atoms. The summed E-state index contributed by atoms with van der Waals surface area (Å²) in [4.78, 5) is 33.8. The van der Waals surface area contributed by atoms with Gasteiger partial charge in [-0.3, -0.25) is 19.1 Å². The van der Waals surface area contributed by atoms with Gasteiger partial charge < -0.3 is 4.90 Å². The Bertz CT molecular complexity index is 1470. The van der Waals surface area contributed by atoms with Crippen molar-refractivity contribution in [2.75, 3.05) is 13.6 Å². The molecule has 9 heteroatoms. The average Bonchev–Trinajstić information content (AvgIpc) is 3.48. The highest BCUT2D eigenvalue weighted by molar-refractivity contribution is 7.16. The molecule has 4 aromatic rings. The number of carbonyl (C=O) groups is 1. The van der Waals surface area contributed by atoms with E-state index in [0.717, 1.165) is 46.6 Å². The molecule has 1 fully saturated rings. The van der Waals surface area contributed by atoms with Gasteiger partial charge in [0.05, 0.1) is 16.4 Å². The summed E-state index contributed by atoms with van der Waals surface area (Å²) in [6.07, 6.45) is 3.68. The molecule has 2 atom stereocenters. The van der Waals surface area contributed by atoms with Gasteiger partial charge >= 0.3 is 4.87 Å². The van der Waals surface area contributed by atoms with Gasteiger partial charge in [0.15, 0.2) is 0 Å². The van der Waals surface area contributed by atoms with Crippen molar-refractivity contribution in [3.05, 3.63) is 86.2 Å². The number of rotatable bonds is 6. The standard InChI is InChI=1S/C27H26Cl2N4O2S/c1-17(31(2)26(34)16-33-23-15-21(28)9-10-24(23)36-27(33)35)32-13-3-4-22(32)19-7-5-18(6-8-19)20-11-12-30-25(29)14-20/h5-12,14-15,17,22H,3-4,13,16H2,1-2H3. The third-order valence-electron chi connectivity index (χ3n) is 7.01. The van der Waals surface area contributed by atoms with E-state index in [1.165, 1.54) is 10.1 Å². The zero-order chi connectivity index (χ0) is 25.4. The highest BCUT2D eigenvalue weighted by Gasteiger charge is 2.33. The first-order chi connectivity index (χ1) is 17.3. The molecule has 2 unspecified atom stereocenters. The van der Waals surface area contributed by atoms with E-state index < -0.39 is 0 Å². The molecule has 2 aromatic heterocycles. The number of halogens is 2. The molecule has 0 N–H and O–H groups in total. The van der Waals surface area contributed by atoms with E-state index in [2.05, 4.69) is 41.1 Å². The third kappa shape index (κ3) is 4.93. The van der Waals surface area contributed by atoms with Crippen molar-refractivity contribution in [1.29, 1.82) is 0 Å². The molecular formula is C27H26Cl2N4O2S. The fraction of sp³-hybridized carbons (Fsp3) is 0.296. The number of pyridine rings is 1. The smallest absolute Gasteiger partial charge is 0.308 e. The lowest BCUT2D eigenvalue weighted by molar-refractivity contribution is -0.136. The van der Waals surface area contributed by atoms with Crippen LogP contribution in [-0.4, -0.2) is 45.0 Å². The zero-order valence-corrected chi connectivity index (χ0v) is 22.4. The molecule has 1 amide bonds. The summed E-state index contributed by atoms with van der Waals surface area (Å²) in [7, 11) is 1.81. The Kier molecular flexibility index (Phi) is 7.17. The van der Waals surface area contributed by atoms with Gasteiger partial charge in [0.25, 0.3) is 0 Å². The Morgan fingerprint density at radius 2 is 1.92 bits per heavy atom. The summed E-state index contributed by atoms with van der Waals surface area (Å²) < 4.78 is 2.34. The number of amides is 1. The molecule has 1 saturated heterocycles. The number of aromatic nitrogens is 2. The van der Waals surface area contributed by atoms with E-state index in [9.17, 15) is 9.59 Å². The Labute approximate surface area is 223 Å².